The first kappa shape index (κ1) is 28.8. The maximum atomic E-state index is 14.7. The van der Waals surface area contributed by atoms with Crippen molar-refractivity contribution in [2.45, 2.75) is 102 Å². The van der Waals surface area contributed by atoms with Crippen LogP contribution < -0.4 is 18.9 Å². The fraction of sp³-hybridized carbons (Fsp3) is 0.690. The molecule has 35 heavy (non-hydrogen) atoms. The van der Waals surface area contributed by atoms with E-state index >= 15 is 0 Å². The standard InChI is InChI=1S/C29H38F5.Li/c30-27-18-26(21-4-2-1-3-5-21)17-16-24(27)11-8-20-6-9-22(10-7-20)23-12-14-25(15-13-23)28(31)19-29(32,33)34;/h1,16-23,25H,2-15H2;/q-1;+1/b28-19-;. The van der Waals surface area contributed by atoms with E-state index < -0.39 is 17.9 Å². The van der Waals surface area contributed by atoms with E-state index in [9.17, 15) is 22.0 Å². The predicted octanol–water partition coefficient (Wildman–Crippen LogP) is 6.65. The number of hydrogen-bond donors (Lipinski definition) is 0. The van der Waals surface area contributed by atoms with Crippen LogP contribution in [0.25, 0.3) is 0 Å². The van der Waals surface area contributed by atoms with Crippen LogP contribution in [0, 0.1) is 35.9 Å². The molecule has 0 unspecified atom stereocenters. The van der Waals surface area contributed by atoms with Crippen LogP contribution in [0.15, 0.2) is 30.1 Å². The molecule has 1 aromatic rings. The summed E-state index contributed by atoms with van der Waals surface area (Å²) in [6.07, 6.45) is 11.2. The van der Waals surface area contributed by atoms with Crippen LogP contribution in [0.5, 0.6) is 0 Å². The van der Waals surface area contributed by atoms with E-state index in [0.717, 1.165) is 88.2 Å². The minimum absolute atomic E-state index is 0. The van der Waals surface area contributed by atoms with Crippen LogP contribution in [-0.4, -0.2) is 6.18 Å². The molecule has 3 fully saturated rings. The van der Waals surface area contributed by atoms with Gasteiger partial charge in [0.05, 0.1) is 6.08 Å². The van der Waals surface area contributed by atoms with E-state index in [0.29, 0.717) is 36.5 Å². The van der Waals surface area contributed by atoms with E-state index in [-0.39, 0.29) is 30.8 Å². The molecule has 3 aliphatic rings. The number of aryl methyl sites for hydroxylation is 1. The van der Waals surface area contributed by atoms with Gasteiger partial charge in [-0.15, -0.1) is 0 Å². The largest absolute Gasteiger partial charge is 1.00 e. The number of halogens is 5. The molecule has 0 radical (unpaired) electrons. The average Bonchev–Trinajstić information content (AvgIpc) is 2.83. The van der Waals surface area contributed by atoms with Crippen LogP contribution in [0.1, 0.15) is 101 Å². The zero-order chi connectivity index (χ0) is 24.1. The molecule has 0 aromatic heterocycles. The van der Waals surface area contributed by atoms with E-state index in [1.165, 1.54) is 0 Å². The third-order valence-corrected chi connectivity index (χ3v) is 8.83. The molecule has 0 nitrogen and oxygen atoms in total. The number of hydrogen-bond acceptors (Lipinski definition) is 0. The Morgan fingerprint density at radius 3 is 2.06 bits per heavy atom. The van der Waals surface area contributed by atoms with Gasteiger partial charge in [-0.3, -0.25) is 0 Å². The number of rotatable bonds is 6. The van der Waals surface area contributed by atoms with Gasteiger partial charge >= 0.3 is 25.0 Å². The molecular weight excluding hydrogens is 450 g/mol. The Labute approximate surface area is 219 Å². The van der Waals surface area contributed by atoms with E-state index in [2.05, 4.69) is 12.5 Å². The fourth-order valence-electron chi connectivity index (χ4n) is 6.73. The summed E-state index contributed by atoms with van der Waals surface area (Å²) in [6, 6.07) is 5.90. The monoisotopic (exact) mass is 488 g/mol. The molecule has 0 aliphatic heterocycles. The van der Waals surface area contributed by atoms with Gasteiger partial charge in [0.1, 0.15) is 11.6 Å². The van der Waals surface area contributed by atoms with Crippen LogP contribution in [-0.2, 0) is 6.42 Å². The van der Waals surface area contributed by atoms with Crippen molar-refractivity contribution < 1.29 is 40.8 Å². The molecule has 0 saturated heterocycles. The average molecular weight is 489 g/mol. The Kier molecular flexibility index (Phi) is 10.8. The molecule has 3 aliphatic carbocycles. The summed E-state index contributed by atoms with van der Waals surface area (Å²) < 4.78 is 65.9. The molecule has 1 aromatic carbocycles. The SMILES string of the molecule is F/C(=C\C(F)(F)F)C1CCC(C2CCC(CCc3ccc(C4CC[CH-]CC4)cc3F)CC2)CC1.[Li+]. The first-order valence-electron chi connectivity index (χ1n) is 13.3. The summed E-state index contributed by atoms with van der Waals surface area (Å²) in [6.45, 7) is 0. The zero-order valence-electron chi connectivity index (χ0n) is 21.1. The first-order chi connectivity index (χ1) is 16.3. The topological polar surface area (TPSA) is 0 Å². The maximum Gasteiger partial charge on any atom is 1.00 e. The summed E-state index contributed by atoms with van der Waals surface area (Å²) >= 11 is 0. The third-order valence-electron chi connectivity index (χ3n) is 8.83. The second-order valence-corrected chi connectivity index (χ2v) is 11.0. The molecule has 0 atom stereocenters. The summed E-state index contributed by atoms with van der Waals surface area (Å²) in [7, 11) is 0. The number of benzene rings is 1. The molecule has 0 spiro atoms. The molecule has 190 valence electrons. The van der Waals surface area contributed by atoms with Crippen molar-refractivity contribution in [1.29, 1.82) is 0 Å². The smallest absolute Gasteiger partial charge is 0.328 e. The fourth-order valence-corrected chi connectivity index (χ4v) is 6.73. The maximum absolute atomic E-state index is 14.7. The van der Waals surface area contributed by atoms with Gasteiger partial charge < -0.3 is 6.42 Å². The van der Waals surface area contributed by atoms with Gasteiger partial charge in [-0.05, 0) is 92.2 Å². The quantitative estimate of drug-likeness (QED) is 0.239. The van der Waals surface area contributed by atoms with Crippen LogP contribution >= 0.6 is 0 Å². The summed E-state index contributed by atoms with van der Waals surface area (Å²) in [5.74, 6) is 0.626. The van der Waals surface area contributed by atoms with Crippen molar-refractivity contribution in [2.24, 2.45) is 23.7 Å². The summed E-state index contributed by atoms with van der Waals surface area (Å²) in [5.41, 5.74) is 1.99. The molecule has 0 amide bonds. The Morgan fingerprint density at radius 1 is 0.886 bits per heavy atom. The van der Waals surface area contributed by atoms with Crippen molar-refractivity contribution in [3.05, 3.63) is 53.5 Å². The molecule has 6 heteroatoms. The Balaban J connectivity index is 0.00000342. The van der Waals surface area contributed by atoms with Gasteiger partial charge in [0.25, 0.3) is 0 Å². The molecular formula is C29H38F5Li. The Bertz CT molecular complexity index is 811. The van der Waals surface area contributed by atoms with Crippen molar-refractivity contribution in [1.82, 2.24) is 0 Å². The van der Waals surface area contributed by atoms with Gasteiger partial charge in [0, 0.05) is 5.92 Å². The Morgan fingerprint density at radius 2 is 1.49 bits per heavy atom. The third kappa shape index (κ3) is 8.36. The van der Waals surface area contributed by atoms with Gasteiger partial charge in [0.15, 0.2) is 0 Å². The summed E-state index contributed by atoms with van der Waals surface area (Å²) in [4.78, 5) is 0. The van der Waals surface area contributed by atoms with E-state index in [4.69, 9.17) is 0 Å². The van der Waals surface area contributed by atoms with Crippen molar-refractivity contribution in [3.63, 3.8) is 0 Å². The normalized spacial score (nSPS) is 29.0. The van der Waals surface area contributed by atoms with Crippen LogP contribution in [0.4, 0.5) is 22.0 Å². The number of allylic oxidation sites excluding steroid dienone is 2. The minimum atomic E-state index is -4.57. The van der Waals surface area contributed by atoms with Crippen LogP contribution in [0.2, 0.25) is 0 Å². The zero-order valence-corrected chi connectivity index (χ0v) is 21.1. The number of alkyl halides is 3. The van der Waals surface area contributed by atoms with Gasteiger partial charge in [-0.2, -0.15) is 26.0 Å². The van der Waals surface area contributed by atoms with Crippen LogP contribution in [0.3, 0.4) is 0 Å². The van der Waals surface area contributed by atoms with Gasteiger partial charge in [-0.1, -0.05) is 37.8 Å². The van der Waals surface area contributed by atoms with Crippen molar-refractivity contribution >= 4 is 0 Å². The minimum Gasteiger partial charge on any atom is -0.328 e. The second-order valence-electron chi connectivity index (χ2n) is 11.0. The van der Waals surface area contributed by atoms with E-state index in [1.807, 2.05) is 6.07 Å². The van der Waals surface area contributed by atoms with Gasteiger partial charge in [0.2, 0.25) is 0 Å². The van der Waals surface area contributed by atoms with E-state index in [1.54, 1.807) is 6.07 Å². The second kappa shape index (κ2) is 13.1. The molecule has 0 bridgehead atoms. The molecule has 3 saturated carbocycles. The first-order valence-corrected chi connectivity index (χ1v) is 13.3. The predicted molar refractivity (Wildman–Crippen MR) is 126 cm³/mol. The summed E-state index contributed by atoms with van der Waals surface area (Å²) in [5, 5.41) is 0. The Hall–Kier alpha value is -0.793. The molecule has 4 rings (SSSR count). The molecule has 0 N–H and O–H groups in total. The van der Waals surface area contributed by atoms with Crippen molar-refractivity contribution in [2.75, 3.05) is 0 Å². The van der Waals surface area contributed by atoms with Gasteiger partial charge in [-0.25, -0.2) is 8.78 Å². The molecule has 0 heterocycles. The van der Waals surface area contributed by atoms with Crippen molar-refractivity contribution in [3.8, 4) is 0 Å².